The van der Waals surface area contributed by atoms with Crippen LogP contribution in [-0.2, 0) is 10.0 Å². The smallest absolute Gasteiger partial charge is 0.335 e. The van der Waals surface area contributed by atoms with E-state index in [0.717, 1.165) is 10.2 Å². The van der Waals surface area contributed by atoms with E-state index < -0.39 is 16.0 Å². The Kier molecular flexibility index (Phi) is 3.50. The quantitative estimate of drug-likeness (QED) is 0.495. The molecule has 5 rings (SSSR count). The monoisotopic (exact) mass is 404 g/mol. The Labute approximate surface area is 164 Å². The summed E-state index contributed by atoms with van der Waals surface area (Å²) in [7, 11) is -4.19. The van der Waals surface area contributed by atoms with Crippen LogP contribution in [0.3, 0.4) is 0 Å². The van der Waals surface area contributed by atoms with Crippen LogP contribution in [0, 0.1) is 0 Å². The molecule has 0 amide bonds. The van der Waals surface area contributed by atoms with Gasteiger partial charge in [-0.15, -0.1) is 0 Å². The minimum Gasteiger partial charge on any atom is -0.478 e. The Morgan fingerprint density at radius 1 is 0.897 bits per heavy atom. The van der Waals surface area contributed by atoms with Gasteiger partial charge in [-0.25, -0.2) is 4.79 Å². The van der Waals surface area contributed by atoms with E-state index in [1.165, 1.54) is 18.2 Å². The largest absolute Gasteiger partial charge is 0.478 e. The maximum Gasteiger partial charge on any atom is 0.335 e. The third kappa shape index (κ3) is 2.36. The maximum atomic E-state index is 13.3. The zero-order chi connectivity index (χ0) is 20.3. The molecule has 0 saturated carbocycles. The number of carbonyl (C=O) groups excluding carboxylic acids is 1. The van der Waals surface area contributed by atoms with Crippen LogP contribution in [-0.4, -0.2) is 34.5 Å². The van der Waals surface area contributed by atoms with Gasteiger partial charge < -0.3 is 5.11 Å². The van der Waals surface area contributed by atoms with Crippen LogP contribution < -0.4 is 0 Å². The van der Waals surface area contributed by atoms with Gasteiger partial charge in [-0.3, -0.25) is 4.79 Å². The van der Waals surface area contributed by atoms with Crippen molar-refractivity contribution in [2.24, 2.45) is 0 Å². The second kappa shape index (κ2) is 5.86. The number of aromatic carboxylic acids is 1. The van der Waals surface area contributed by atoms with E-state index in [2.05, 4.69) is 5.10 Å². The second-order valence-corrected chi connectivity index (χ2v) is 8.37. The van der Waals surface area contributed by atoms with Gasteiger partial charge in [0.25, 0.3) is 10.0 Å². The number of fused-ring (bicyclic) bond motifs is 2. The van der Waals surface area contributed by atoms with E-state index in [4.69, 9.17) is 0 Å². The molecule has 29 heavy (non-hydrogen) atoms. The summed E-state index contributed by atoms with van der Waals surface area (Å²) in [5.74, 6) is -1.42. The van der Waals surface area contributed by atoms with Gasteiger partial charge in [-0.1, -0.05) is 42.5 Å². The molecule has 1 heterocycles. The molecule has 1 N–H and O–H groups in total. The highest BCUT2D eigenvalue weighted by molar-refractivity contribution is 7.90. The number of carboxylic acids is 1. The summed E-state index contributed by atoms with van der Waals surface area (Å²) in [5, 5.41) is 14.0. The first-order valence-electron chi connectivity index (χ1n) is 8.64. The van der Waals surface area contributed by atoms with E-state index in [-0.39, 0.29) is 21.8 Å². The lowest BCUT2D eigenvalue weighted by atomic mass is 9.87. The van der Waals surface area contributed by atoms with E-state index in [1.807, 2.05) is 0 Å². The molecule has 0 fully saturated rings. The third-order valence-electron chi connectivity index (χ3n) is 4.95. The van der Waals surface area contributed by atoms with Crippen molar-refractivity contribution in [1.82, 2.24) is 9.19 Å². The lowest BCUT2D eigenvalue weighted by Crippen LogP contribution is -2.15. The molecule has 0 radical (unpaired) electrons. The molecule has 1 aromatic heterocycles. The fourth-order valence-electron chi connectivity index (χ4n) is 3.63. The lowest BCUT2D eigenvalue weighted by molar-refractivity contribution is 0.0696. The first-order valence-corrected chi connectivity index (χ1v) is 10.1. The molecular weight excluding hydrogens is 392 g/mol. The highest BCUT2D eigenvalue weighted by atomic mass is 32.2. The van der Waals surface area contributed by atoms with Crippen LogP contribution in [0.2, 0.25) is 0 Å². The Hall–Kier alpha value is -3.78. The fourth-order valence-corrected chi connectivity index (χ4v) is 4.95. The summed E-state index contributed by atoms with van der Waals surface area (Å²) in [6.45, 7) is 0. The second-order valence-electron chi connectivity index (χ2n) is 6.60. The highest BCUT2D eigenvalue weighted by Crippen LogP contribution is 2.39. The molecule has 0 atom stereocenters. The summed E-state index contributed by atoms with van der Waals surface area (Å²) >= 11 is 0. The lowest BCUT2D eigenvalue weighted by Gasteiger charge is -2.13. The van der Waals surface area contributed by atoms with Crippen LogP contribution in [0.15, 0.2) is 71.6 Å². The predicted molar refractivity (Wildman–Crippen MR) is 105 cm³/mol. The summed E-state index contributed by atoms with van der Waals surface area (Å²) in [4.78, 5) is 23.9. The van der Waals surface area contributed by atoms with Crippen LogP contribution in [0.5, 0.6) is 0 Å². The topological polar surface area (TPSA) is 106 Å². The van der Waals surface area contributed by atoms with Crippen molar-refractivity contribution in [2.45, 2.75) is 4.90 Å². The van der Waals surface area contributed by atoms with E-state index in [9.17, 15) is 23.1 Å². The number of ketones is 1. The van der Waals surface area contributed by atoms with Crippen LogP contribution in [0.1, 0.15) is 26.3 Å². The van der Waals surface area contributed by atoms with E-state index in [1.54, 1.807) is 42.5 Å². The highest BCUT2D eigenvalue weighted by Gasteiger charge is 2.31. The molecule has 0 spiro atoms. The standard InChI is InChI=1S/C21H12N2O5S/c24-20-15-8-2-1-7-14(15)19-18-16(20)9-4-10-17(18)23(22-19)29(27,28)13-6-3-5-12(11-13)21(25)26/h1-11H,(H,25,26). The Balaban J connectivity index is 1.83. The first-order chi connectivity index (χ1) is 13.9. The Morgan fingerprint density at radius 2 is 1.59 bits per heavy atom. The summed E-state index contributed by atoms with van der Waals surface area (Å²) in [6, 6.07) is 16.8. The van der Waals surface area contributed by atoms with E-state index >= 15 is 0 Å². The number of nitrogens with zero attached hydrogens (tertiary/aromatic N) is 2. The van der Waals surface area contributed by atoms with Gasteiger partial charge in [-0.05, 0) is 24.3 Å². The number of carboxylic acid groups (broad SMARTS) is 1. The molecule has 7 nitrogen and oxygen atoms in total. The molecule has 4 aromatic rings. The van der Waals surface area contributed by atoms with Gasteiger partial charge in [-0.2, -0.15) is 17.6 Å². The summed E-state index contributed by atoms with van der Waals surface area (Å²) in [6.07, 6.45) is 0. The zero-order valence-corrected chi connectivity index (χ0v) is 15.6. The van der Waals surface area contributed by atoms with Gasteiger partial charge in [0, 0.05) is 22.1 Å². The van der Waals surface area contributed by atoms with Crippen LogP contribution in [0.4, 0.5) is 0 Å². The van der Waals surface area contributed by atoms with Gasteiger partial charge in [0.2, 0.25) is 0 Å². The van der Waals surface area contributed by atoms with Gasteiger partial charge >= 0.3 is 5.97 Å². The van der Waals surface area contributed by atoms with Gasteiger partial charge in [0.1, 0.15) is 5.69 Å². The van der Waals surface area contributed by atoms with Crippen molar-refractivity contribution in [3.63, 3.8) is 0 Å². The number of carbonyl (C=O) groups is 2. The maximum absolute atomic E-state index is 13.3. The zero-order valence-electron chi connectivity index (χ0n) is 14.7. The predicted octanol–water partition coefficient (Wildman–Crippen LogP) is 3.18. The Bertz CT molecular complexity index is 1470. The summed E-state index contributed by atoms with van der Waals surface area (Å²) < 4.78 is 27.5. The molecule has 0 unspecified atom stereocenters. The van der Waals surface area contributed by atoms with E-state index in [0.29, 0.717) is 27.8 Å². The minimum atomic E-state index is -4.19. The molecular formula is C21H12N2O5S. The fraction of sp³-hybridized carbons (Fsp3) is 0. The molecule has 142 valence electrons. The number of benzene rings is 3. The SMILES string of the molecule is O=C(O)c1cccc(S(=O)(=O)n2nc3c4c(cccc42)C(=O)c2ccccc2-3)c1. The van der Waals surface area contributed by atoms with Gasteiger partial charge in [0.15, 0.2) is 5.78 Å². The number of hydrogen-bond donors (Lipinski definition) is 1. The van der Waals surface area contributed by atoms with Crippen molar-refractivity contribution in [3.8, 4) is 11.3 Å². The minimum absolute atomic E-state index is 0.145. The molecule has 8 heteroatoms. The molecule has 3 aromatic carbocycles. The molecule has 1 aliphatic rings. The normalized spacial score (nSPS) is 12.8. The average Bonchev–Trinajstić information content (AvgIpc) is 3.13. The summed E-state index contributed by atoms with van der Waals surface area (Å²) in [5.41, 5.74) is 1.94. The van der Waals surface area contributed by atoms with Crippen molar-refractivity contribution in [3.05, 3.63) is 83.4 Å². The third-order valence-corrected chi connectivity index (χ3v) is 6.54. The van der Waals surface area contributed by atoms with Crippen molar-refractivity contribution < 1.29 is 23.1 Å². The number of aromatic nitrogens is 2. The van der Waals surface area contributed by atoms with Crippen molar-refractivity contribution >= 4 is 32.7 Å². The van der Waals surface area contributed by atoms with Crippen molar-refractivity contribution in [2.75, 3.05) is 0 Å². The van der Waals surface area contributed by atoms with Crippen molar-refractivity contribution in [1.29, 1.82) is 0 Å². The number of hydrogen-bond acceptors (Lipinski definition) is 5. The van der Waals surface area contributed by atoms with Crippen LogP contribution >= 0.6 is 0 Å². The van der Waals surface area contributed by atoms with Gasteiger partial charge in [0.05, 0.1) is 16.0 Å². The number of rotatable bonds is 3. The van der Waals surface area contributed by atoms with Crippen LogP contribution in [0.25, 0.3) is 22.2 Å². The molecule has 0 aliphatic heterocycles. The molecule has 1 aliphatic carbocycles. The average molecular weight is 404 g/mol. The Morgan fingerprint density at radius 3 is 2.34 bits per heavy atom. The first kappa shape index (κ1) is 17.3. The molecule has 0 saturated heterocycles. The molecule has 0 bridgehead atoms.